The van der Waals surface area contributed by atoms with Crippen molar-refractivity contribution in [3.63, 3.8) is 0 Å². The van der Waals surface area contributed by atoms with Crippen LogP contribution in [0.2, 0.25) is 0 Å². The molecule has 3 fully saturated rings. The number of hydrogen-bond acceptors (Lipinski definition) is 5. The van der Waals surface area contributed by atoms with Gasteiger partial charge in [0, 0.05) is 30.5 Å². The van der Waals surface area contributed by atoms with Crippen molar-refractivity contribution in [3.05, 3.63) is 0 Å². The first-order valence-corrected chi connectivity index (χ1v) is 12.2. The Morgan fingerprint density at radius 3 is 2.60 bits per heavy atom. The van der Waals surface area contributed by atoms with Crippen LogP contribution in [-0.4, -0.2) is 69.0 Å². The maximum absolute atomic E-state index is 13.6. The van der Waals surface area contributed by atoms with Crippen molar-refractivity contribution in [1.82, 2.24) is 15.5 Å². The summed E-state index contributed by atoms with van der Waals surface area (Å²) in [6.07, 6.45) is 4.76. The van der Waals surface area contributed by atoms with Gasteiger partial charge in [0.1, 0.15) is 6.04 Å². The van der Waals surface area contributed by atoms with Crippen molar-refractivity contribution in [1.29, 1.82) is 0 Å². The van der Waals surface area contributed by atoms with Crippen LogP contribution in [0.1, 0.15) is 66.2 Å². The predicted octanol–water partition coefficient (Wildman–Crippen LogP) is 1.68. The number of nitrogens with one attached hydrogen (secondary N) is 2. The summed E-state index contributed by atoms with van der Waals surface area (Å²) in [5.74, 6) is -0.962. The molecule has 3 saturated heterocycles. The summed E-state index contributed by atoms with van der Waals surface area (Å²) < 4.78 is -0.512. The first-order valence-electron chi connectivity index (χ1n) is 11.3. The van der Waals surface area contributed by atoms with E-state index in [0.29, 0.717) is 19.5 Å². The fourth-order valence-corrected chi connectivity index (χ4v) is 7.59. The number of carbonyl (C=O) groups excluding carboxylic acids is 3. The van der Waals surface area contributed by atoms with E-state index in [0.717, 1.165) is 32.1 Å². The molecule has 0 aromatic carbocycles. The van der Waals surface area contributed by atoms with Crippen molar-refractivity contribution in [2.75, 3.05) is 19.7 Å². The number of hydrogen-bond donors (Lipinski definition) is 3. The Kier molecular flexibility index (Phi) is 7.07. The molecular formula is C22H37N3O4S. The van der Waals surface area contributed by atoms with Gasteiger partial charge in [0.15, 0.2) is 0 Å². The van der Waals surface area contributed by atoms with Gasteiger partial charge < -0.3 is 20.6 Å². The van der Waals surface area contributed by atoms with Crippen molar-refractivity contribution < 1.29 is 19.5 Å². The van der Waals surface area contributed by atoms with Gasteiger partial charge in [-0.05, 0) is 59.3 Å². The molecule has 0 radical (unpaired) electrons. The van der Waals surface area contributed by atoms with Gasteiger partial charge in [-0.1, -0.05) is 6.92 Å². The molecular weight excluding hydrogens is 402 g/mol. The molecule has 3 amide bonds. The van der Waals surface area contributed by atoms with Gasteiger partial charge in [-0.3, -0.25) is 14.4 Å². The SMILES string of the molecule is CCCNC(=O)[C@@H]1[C@H]2C(=O)N(CCCCCO)C(C(=O)NC(C)(C)C)C23CC[C@H]1S3. The highest BCUT2D eigenvalue weighted by Crippen LogP contribution is 2.66. The smallest absolute Gasteiger partial charge is 0.244 e. The third-order valence-corrected chi connectivity index (χ3v) is 8.41. The lowest BCUT2D eigenvalue weighted by molar-refractivity contribution is -0.140. The monoisotopic (exact) mass is 439 g/mol. The topological polar surface area (TPSA) is 98.7 Å². The molecule has 0 aromatic heterocycles. The summed E-state index contributed by atoms with van der Waals surface area (Å²) in [4.78, 5) is 41.7. The minimum absolute atomic E-state index is 0.0358. The van der Waals surface area contributed by atoms with Crippen molar-refractivity contribution in [2.45, 2.75) is 87.8 Å². The Labute approximate surface area is 184 Å². The molecule has 1 spiro atoms. The molecule has 0 saturated carbocycles. The molecule has 3 heterocycles. The lowest BCUT2D eigenvalue weighted by Gasteiger charge is -2.36. The number of carbonyl (C=O) groups is 3. The molecule has 3 aliphatic rings. The van der Waals surface area contributed by atoms with E-state index in [1.165, 1.54) is 0 Å². The van der Waals surface area contributed by atoms with Gasteiger partial charge in [0.2, 0.25) is 17.7 Å². The summed E-state index contributed by atoms with van der Waals surface area (Å²) in [5.41, 5.74) is -0.392. The number of nitrogens with zero attached hydrogens (tertiary/aromatic N) is 1. The second-order valence-corrected chi connectivity index (χ2v) is 11.5. The zero-order valence-electron chi connectivity index (χ0n) is 18.7. The largest absolute Gasteiger partial charge is 0.396 e. The zero-order valence-corrected chi connectivity index (χ0v) is 19.5. The van der Waals surface area contributed by atoms with E-state index in [9.17, 15) is 14.4 Å². The number of amides is 3. The Bertz CT molecular complexity index is 680. The Morgan fingerprint density at radius 1 is 1.23 bits per heavy atom. The number of rotatable bonds is 9. The van der Waals surface area contributed by atoms with Crippen LogP contribution in [0, 0.1) is 11.8 Å². The van der Waals surface area contributed by atoms with Gasteiger partial charge in [0.05, 0.1) is 16.6 Å². The fourth-order valence-electron chi connectivity index (χ4n) is 5.37. The second kappa shape index (κ2) is 9.07. The normalized spacial score (nSPS) is 32.4. The minimum atomic E-state index is -0.540. The van der Waals surface area contributed by atoms with E-state index in [1.807, 2.05) is 27.7 Å². The number of aliphatic hydroxyl groups is 1. The number of thioether (sulfide) groups is 1. The number of fused-ring (bicyclic) bond motifs is 1. The molecule has 170 valence electrons. The summed E-state index contributed by atoms with van der Waals surface area (Å²) in [5, 5.41) is 15.3. The summed E-state index contributed by atoms with van der Waals surface area (Å²) in [7, 11) is 0. The first kappa shape index (κ1) is 23.4. The highest BCUT2D eigenvalue weighted by Gasteiger charge is 2.73. The molecule has 30 heavy (non-hydrogen) atoms. The highest BCUT2D eigenvalue weighted by atomic mass is 32.2. The number of unbranched alkanes of at least 4 members (excludes halogenated alkanes) is 2. The number of likely N-dealkylation sites (tertiary alicyclic amines) is 1. The highest BCUT2D eigenvalue weighted by molar-refractivity contribution is 8.02. The van der Waals surface area contributed by atoms with Gasteiger partial charge in [-0.2, -0.15) is 0 Å². The lowest BCUT2D eigenvalue weighted by atomic mass is 9.70. The molecule has 3 N–H and O–H groups in total. The summed E-state index contributed by atoms with van der Waals surface area (Å²) >= 11 is 1.71. The molecule has 0 aliphatic carbocycles. The predicted molar refractivity (Wildman–Crippen MR) is 118 cm³/mol. The molecule has 2 unspecified atom stereocenters. The average molecular weight is 440 g/mol. The Morgan fingerprint density at radius 2 is 1.97 bits per heavy atom. The molecule has 0 aromatic rings. The second-order valence-electron chi connectivity index (χ2n) is 9.90. The third kappa shape index (κ3) is 4.22. The van der Waals surface area contributed by atoms with Crippen LogP contribution in [0.25, 0.3) is 0 Å². The molecule has 3 rings (SSSR count). The van der Waals surface area contributed by atoms with Crippen LogP contribution in [0.4, 0.5) is 0 Å². The summed E-state index contributed by atoms with van der Waals surface area (Å²) in [6, 6.07) is -0.540. The quantitative estimate of drug-likeness (QED) is 0.475. The van der Waals surface area contributed by atoms with Crippen LogP contribution in [0.3, 0.4) is 0 Å². The van der Waals surface area contributed by atoms with Crippen molar-refractivity contribution >= 4 is 29.5 Å². The average Bonchev–Trinajstić information content (AvgIpc) is 3.29. The van der Waals surface area contributed by atoms with Gasteiger partial charge in [-0.15, -0.1) is 11.8 Å². The van der Waals surface area contributed by atoms with E-state index in [4.69, 9.17) is 5.11 Å². The van der Waals surface area contributed by atoms with Crippen molar-refractivity contribution in [2.24, 2.45) is 11.8 Å². The maximum atomic E-state index is 13.6. The molecule has 7 nitrogen and oxygen atoms in total. The molecule has 5 atom stereocenters. The Balaban J connectivity index is 1.89. The van der Waals surface area contributed by atoms with Crippen LogP contribution >= 0.6 is 11.8 Å². The fraction of sp³-hybridized carbons (Fsp3) is 0.864. The van der Waals surface area contributed by atoms with Crippen LogP contribution in [0.5, 0.6) is 0 Å². The lowest BCUT2D eigenvalue weighted by Crippen LogP contribution is -2.57. The summed E-state index contributed by atoms with van der Waals surface area (Å²) in [6.45, 7) is 9.09. The van der Waals surface area contributed by atoms with Gasteiger partial charge >= 0.3 is 0 Å². The van der Waals surface area contributed by atoms with E-state index >= 15 is 0 Å². The van der Waals surface area contributed by atoms with E-state index < -0.39 is 22.2 Å². The Hall–Kier alpha value is -1.28. The standard InChI is InChI=1S/C22H37N3O4S/c1-5-11-23-18(27)15-14-9-10-22(30-14)16(15)20(29)25(12-7-6-8-13-26)17(22)19(28)24-21(2,3)4/h14-17,26H,5-13H2,1-4H3,(H,23,27)(H,24,28)/t14-,15+,16+,17?,22?/m1/s1. The van der Waals surface area contributed by atoms with Gasteiger partial charge in [0.25, 0.3) is 0 Å². The molecule has 3 aliphatic heterocycles. The first-order chi connectivity index (χ1) is 14.2. The number of aliphatic hydroxyl groups excluding tert-OH is 1. The third-order valence-electron chi connectivity index (χ3n) is 6.46. The van der Waals surface area contributed by atoms with Crippen LogP contribution < -0.4 is 10.6 Å². The van der Waals surface area contributed by atoms with Crippen LogP contribution in [0.15, 0.2) is 0 Å². The van der Waals surface area contributed by atoms with Gasteiger partial charge in [-0.25, -0.2) is 0 Å². The molecule has 8 heteroatoms. The van der Waals surface area contributed by atoms with E-state index in [-0.39, 0.29) is 35.5 Å². The van der Waals surface area contributed by atoms with Crippen molar-refractivity contribution in [3.8, 4) is 0 Å². The minimum Gasteiger partial charge on any atom is -0.396 e. The van der Waals surface area contributed by atoms with E-state index in [2.05, 4.69) is 10.6 Å². The van der Waals surface area contributed by atoms with E-state index in [1.54, 1.807) is 16.7 Å². The molecule has 2 bridgehead atoms. The zero-order chi connectivity index (χ0) is 22.1. The maximum Gasteiger partial charge on any atom is 0.244 e. The van der Waals surface area contributed by atoms with Crippen LogP contribution in [-0.2, 0) is 14.4 Å².